The van der Waals surface area contributed by atoms with Crippen molar-refractivity contribution >= 4 is 23.2 Å². The summed E-state index contributed by atoms with van der Waals surface area (Å²) in [6.45, 7) is 4.03. The minimum absolute atomic E-state index is 0.219. The van der Waals surface area contributed by atoms with Crippen LogP contribution in [0, 0.1) is 0 Å². The lowest BCUT2D eigenvalue weighted by atomic mass is 10.1. The van der Waals surface area contributed by atoms with Crippen molar-refractivity contribution in [1.29, 1.82) is 0 Å². The lowest BCUT2D eigenvalue weighted by Gasteiger charge is -2.23. The van der Waals surface area contributed by atoms with E-state index >= 15 is 0 Å². The average Bonchev–Trinajstić information content (AvgIpc) is 2.27. The quantitative estimate of drug-likeness (QED) is 0.853. The number of rotatable bonds is 6. The molecule has 0 aliphatic rings. The van der Waals surface area contributed by atoms with Crippen LogP contribution < -0.4 is 5.32 Å². The van der Waals surface area contributed by atoms with Crippen molar-refractivity contribution in [2.24, 2.45) is 0 Å². The van der Waals surface area contributed by atoms with Gasteiger partial charge in [-0.05, 0) is 50.8 Å². The summed E-state index contributed by atoms with van der Waals surface area (Å²) in [5.74, 6) is 0. The molecule has 1 unspecified atom stereocenters. The predicted octanol–water partition coefficient (Wildman–Crippen LogP) is 3.60. The van der Waals surface area contributed by atoms with Crippen molar-refractivity contribution in [3.8, 4) is 0 Å². The molecular formula is C13H20Cl2N2. The lowest BCUT2D eigenvalue weighted by Crippen LogP contribution is -2.31. The van der Waals surface area contributed by atoms with Crippen LogP contribution in [-0.2, 0) is 0 Å². The summed E-state index contributed by atoms with van der Waals surface area (Å²) < 4.78 is 0. The Hall–Kier alpha value is -0.280. The highest BCUT2D eigenvalue weighted by molar-refractivity contribution is 6.33. The molecule has 1 rings (SSSR count). The van der Waals surface area contributed by atoms with Crippen LogP contribution in [0.25, 0.3) is 0 Å². The first-order chi connectivity index (χ1) is 8.04. The van der Waals surface area contributed by atoms with Crippen molar-refractivity contribution in [2.45, 2.75) is 19.4 Å². The first-order valence-electron chi connectivity index (χ1n) is 5.87. The summed E-state index contributed by atoms with van der Waals surface area (Å²) in [5.41, 5.74) is 1.07. The smallest absolute Gasteiger partial charge is 0.0464 e. The zero-order chi connectivity index (χ0) is 12.8. The monoisotopic (exact) mass is 274 g/mol. The Kier molecular flexibility index (Phi) is 6.28. The van der Waals surface area contributed by atoms with Crippen LogP contribution in [0.5, 0.6) is 0 Å². The molecule has 96 valence electrons. The molecule has 1 aromatic carbocycles. The number of hydrogen-bond acceptors (Lipinski definition) is 2. The molecule has 0 heterocycles. The second kappa shape index (κ2) is 7.22. The van der Waals surface area contributed by atoms with Gasteiger partial charge in [0.05, 0.1) is 0 Å². The number of nitrogens with one attached hydrogen (secondary N) is 1. The highest BCUT2D eigenvalue weighted by Crippen LogP contribution is 2.26. The van der Waals surface area contributed by atoms with E-state index in [0.717, 1.165) is 35.1 Å². The van der Waals surface area contributed by atoms with Gasteiger partial charge in [-0.2, -0.15) is 0 Å². The van der Waals surface area contributed by atoms with Crippen LogP contribution in [-0.4, -0.2) is 32.1 Å². The van der Waals surface area contributed by atoms with Gasteiger partial charge in [-0.15, -0.1) is 0 Å². The van der Waals surface area contributed by atoms with Gasteiger partial charge in [-0.1, -0.05) is 30.1 Å². The van der Waals surface area contributed by atoms with Crippen LogP contribution in [0.15, 0.2) is 18.2 Å². The van der Waals surface area contributed by atoms with Crippen LogP contribution in [0.4, 0.5) is 0 Å². The molecule has 1 atom stereocenters. The van der Waals surface area contributed by atoms with Gasteiger partial charge in [0.2, 0.25) is 0 Å². The first-order valence-corrected chi connectivity index (χ1v) is 6.63. The molecule has 0 radical (unpaired) electrons. The number of hydrogen-bond donors (Lipinski definition) is 1. The van der Waals surface area contributed by atoms with Gasteiger partial charge in [0.25, 0.3) is 0 Å². The minimum atomic E-state index is 0.219. The summed E-state index contributed by atoms with van der Waals surface area (Å²) >= 11 is 12.3. The minimum Gasteiger partial charge on any atom is -0.309 e. The number of likely N-dealkylation sites (N-methyl/N-ethyl adjacent to an activating group) is 1. The van der Waals surface area contributed by atoms with Gasteiger partial charge in [0, 0.05) is 22.6 Å². The number of nitrogens with zero attached hydrogens (tertiary/aromatic N) is 1. The van der Waals surface area contributed by atoms with Gasteiger partial charge in [0.15, 0.2) is 0 Å². The zero-order valence-corrected chi connectivity index (χ0v) is 12.1. The maximum absolute atomic E-state index is 6.24. The molecule has 0 fully saturated rings. The standard InChI is InChI=1S/C13H20Cl2N2/c1-4-7-16-13(9-17(2)3)11-8-10(14)5-6-12(11)15/h5-6,8,13,16H,4,7,9H2,1-3H3. The van der Waals surface area contributed by atoms with E-state index in [2.05, 4.69) is 31.2 Å². The zero-order valence-electron chi connectivity index (χ0n) is 10.6. The SMILES string of the molecule is CCCNC(CN(C)C)c1cc(Cl)ccc1Cl. The molecule has 0 aromatic heterocycles. The molecule has 17 heavy (non-hydrogen) atoms. The molecule has 1 aromatic rings. The van der Waals surface area contributed by atoms with E-state index in [9.17, 15) is 0 Å². The van der Waals surface area contributed by atoms with Crippen molar-refractivity contribution in [3.05, 3.63) is 33.8 Å². The van der Waals surface area contributed by atoms with Gasteiger partial charge in [-0.3, -0.25) is 0 Å². The molecule has 0 aliphatic carbocycles. The van der Waals surface area contributed by atoms with Gasteiger partial charge in [-0.25, -0.2) is 0 Å². The molecule has 1 N–H and O–H groups in total. The second-order valence-corrected chi connectivity index (χ2v) is 5.28. The molecule has 0 aliphatic heterocycles. The Bertz CT molecular complexity index is 353. The van der Waals surface area contributed by atoms with Gasteiger partial charge < -0.3 is 10.2 Å². The number of benzene rings is 1. The highest BCUT2D eigenvalue weighted by atomic mass is 35.5. The van der Waals surface area contributed by atoms with Crippen LogP contribution in [0.3, 0.4) is 0 Å². The van der Waals surface area contributed by atoms with Gasteiger partial charge >= 0.3 is 0 Å². The Morgan fingerprint density at radius 2 is 2.00 bits per heavy atom. The lowest BCUT2D eigenvalue weighted by molar-refractivity contribution is 0.342. The topological polar surface area (TPSA) is 15.3 Å². The maximum atomic E-state index is 6.24. The van der Waals surface area contributed by atoms with Crippen LogP contribution >= 0.6 is 23.2 Å². The molecule has 2 nitrogen and oxygen atoms in total. The third kappa shape index (κ3) is 4.84. The van der Waals surface area contributed by atoms with Crippen molar-refractivity contribution in [2.75, 3.05) is 27.2 Å². The predicted molar refractivity (Wildman–Crippen MR) is 76.1 cm³/mol. The molecule has 0 amide bonds. The highest BCUT2D eigenvalue weighted by Gasteiger charge is 2.15. The Labute approximate surface area is 114 Å². The van der Waals surface area contributed by atoms with Crippen LogP contribution in [0.1, 0.15) is 24.9 Å². The maximum Gasteiger partial charge on any atom is 0.0464 e. The average molecular weight is 275 g/mol. The van der Waals surface area contributed by atoms with Crippen molar-refractivity contribution in [3.63, 3.8) is 0 Å². The van der Waals surface area contributed by atoms with Crippen molar-refractivity contribution < 1.29 is 0 Å². The molecule has 0 bridgehead atoms. The van der Waals surface area contributed by atoms with Gasteiger partial charge in [0.1, 0.15) is 0 Å². The molecular weight excluding hydrogens is 255 g/mol. The number of halogens is 2. The Balaban J connectivity index is 2.90. The summed E-state index contributed by atoms with van der Waals surface area (Å²) in [7, 11) is 4.11. The third-order valence-corrected chi connectivity index (χ3v) is 3.10. The Morgan fingerprint density at radius 3 is 2.59 bits per heavy atom. The van der Waals surface area contributed by atoms with E-state index < -0.39 is 0 Å². The first kappa shape index (κ1) is 14.8. The molecule has 0 spiro atoms. The normalized spacial score (nSPS) is 13.1. The fourth-order valence-electron chi connectivity index (χ4n) is 1.74. The Morgan fingerprint density at radius 1 is 1.29 bits per heavy atom. The molecule has 0 saturated carbocycles. The summed E-state index contributed by atoms with van der Waals surface area (Å²) in [4.78, 5) is 2.14. The third-order valence-electron chi connectivity index (χ3n) is 2.52. The summed E-state index contributed by atoms with van der Waals surface area (Å²) in [5, 5.41) is 5.00. The van der Waals surface area contributed by atoms with E-state index in [-0.39, 0.29) is 6.04 Å². The van der Waals surface area contributed by atoms with E-state index in [4.69, 9.17) is 23.2 Å². The van der Waals surface area contributed by atoms with E-state index in [1.165, 1.54) is 0 Å². The fraction of sp³-hybridized carbons (Fsp3) is 0.538. The summed E-state index contributed by atoms with van der Waals surface area (Å²) in [6.07, 6.45) is 1.10. The van der Waals surface area contributed by atoms with E-state index in [1.54, 1.807) is 0 Å². The second-order valence-electron chi connectivity index (χ2n) is 4.43. The van der Waals surface area contributed by atoms with E-state index in [1.807, 2.05) is 18.2 Å². The molecule has 4 heteroatoms. The summed E-state index contributed by atoms with van der Waals surface area (Å²) in [6, 6.07) is 5.84. The largest absolute Gasteiger partial charge is 0.309 e. The van der Waals surface area contributed by atoms with Crippen molar-refractivity contribution in [1.82, 2.24) is 10.2 Å². The van der Waals surface area contributed by atoms with E-state index in [0.29, 0.717) is 0 Å². The fourth-order valence-corrected chi connectivity index (χ4v) is 2.17. The van der Waals surface area contributed by atoms with Crippen LogP contribution in [0.2, 0.25) is 10.0 Å². The molecule has 0 saturated heterocycles.